The summed E-state index contributed by atoms with van der Waals surface area (Å²) in [5.41, 5.74) is 3.09. The molecule has 0 saturated heterocycles. The van der Waals surface area contributed by atoms with Crippen LogP contribution in [0.15, 0.2) is 71.5 Å². The molecule has 33 heavy (non-hydrogen) atoms. The number of aryl methyl sites for hydroxylation is 1. The standard InChI is InChI=1S/C25H21ClN4O3/c1-15-11-12-19(27-16(2)31)17(13-15)24-25(33)30(22-10-6-5-9-21(22)29-24)14-23(32)28-20-8-4-3-7-18(20)26/h3-13H,14H2,1-2H3,(H,27,31)(H,28,32). The molecule has 4 rings (SSSR count). The van der Waals surface area contributed by atoms with Gasteiger partial charge in [0.2, 0.25) is 11.8 Å². The largest absolute Gasteiger partial charge is 0.326 e. The van der Waals surface area contributed by atoms with Crippen molar-refractivity contribution < 1.29 is 9.59 Å². The molecule has 1 heterocycles. The lowest BCUT2D eigenvalue weighted by Crippen LogP contribution is -2.30. The minimum atomic E-state index is -0.444. The Morgan fingerprint density at radius 2 is 1.70 bits per heavy atom. The number of hydrogen-bond donors (Lipinski definition) is 2. The maximum Gasteiger partial charge on any atom is 0.278 e. The van der Waals surface area contributed by atoms with E-state index < -0.39 is 11.5 Å². The lowest BCUT2D eigenvalue weighted by atomic mass is 10.1. The van der Waals surface area contributed by atoms with Crippen molar-refractivity contribution in [2.45, 2.75) is 20.4 Å². The summed E-state index contributed by atoms with van der Waals surface area (Å²) in [4.78, 5) is 42.7. The number of amides is 2. The summed E-state index contributed by atoms with van der Waals surface area (Å²) in [6.07, 6.45) is 0. The molecule has 0 atom stereocenters. The minimum absolute atomic E-state index is 0.145. The summed E-state index contributed by atoms with van der Waals surface area (Å²) >= 11 is 6.15. The molecule has 0 unspecified atom stereocenters. The van der Waals surface area contributed by atoms with Crippen molar-refractivity contribution in [3.63, 3.8) is 0 Å². The summed E-state index contributed by atoms with van der Waals surface area (Å²) in [6.45, 7) is 3.05. The van der Waals surface area contributed by atoms with Crippen LogP contribution in [-0.2, 0) is 16.1 Å². The van der Waals surface area contributed by atoms with E-state index in [4.69, 9.17) is 11.6 Å². The Balaban J connectivity index is 1.84. The summed E-state index contributed by atoms with van der Waals surface area (Å²) in [6, 6.07) is 19.3. The molecule has 8 heteroatoms. The predicted molar refractivity (Wildman–Crippen MR) is 131 cm³/mol. The monoisotopic (exact) mass is 460 g/mol. The maximum absolute atomic E-state index is 13.6. The van der Waals surface area contributed by atoms with Crippen LogP contribution in [0.1, 0.15) is 12.5 Å². The SMILES string of the molecule is CC(=O)Nc1ccc(C)cc1-c1nc2ccccc2n(CC(=O)Nc2ccccc2Cl)c1=O. The average molecular weight is 461 g/mol. The molecule has 0 saturated carbocycles. The highest BCUT2D eigenvalue weighted by Gasteiger charge is 2.18. The molecule has 0 radical (unpaired) electrons. The number of carbonyl (C=O) groups excluding carboxylic acids is 2. The Bertz CT molecular complexity index is 1450. The van der Waals surface area contributed by atoms with Crippen molar-refractivity contribution in [1.82, 2.24) is 9.55 Å². The number of anilines is 2. The number of carbonyl (C=O) groups is 2. The van der Waals surface area contributed by atoms with Crippen LogP contribution in [0.3, 0.4) is 0 Å². The Morgan fingerprint density at radius 1 is 0.970 bits per heavy atom. The molecule has 4 aromatic rings. The van der Waals surface area contributed by atoms with E-state index in [1.54, 1.807) is 54.6 Å². The first-order valence-electron chi connectivity index (χ1n) is 10.3. The summed E-state index contributed by atoms with van der Waals surface area (Å²) in [5.74, 6) is -0.667. The van der Waals surface area contributed by atoms with Gasteiger partial charge in [0.05, 0.1) is 27.4 Å². The molecule has 0 fully saturated rings. The van der Waals surface area contributed by atoms with E-state index in [-0.39, 0.29) is 18.1 Å². The first-order chi connectivity index (χ1) is 15.8. The van der Waals surface area contributed by atoms with Crippen LogP contribution in [0, 0.1) is 6.92 Å². The fraction of sp³-hybridized carbons (Fsp3) is 0.120. The van der Waals surface area contributed by atoms with E-state index in [1.165, 1.54) is 11.5 Å². The number of aromatic nitrogens is 2. The van der Waals surface area contributed by atoms with Crippen LogP contribution in [0.25, 0.3) is 22.3 Å². The first kappa shape index (κ1) is 22.2. The zero-order valence-electron chi connectivity index (χ0n) is 18.1. The second-order valence-corrected chi connectivity index (χ2v) is 8.01. The van der Waals surface area contributed by atoms with Gasteiger partial charge in [-0.05, 0) is 43.3 Å². The molecule has 1 aromatic heterocycles. The molecule has 2 N–H and O–H groups in total. The molecule has 0 spiro atoms. The van der Waals surface area contributed by atoms with Gasteiger partial charge in [-0.1, -0.05) is 47.5 Å². The molecule has 3 aromatic carbocycles. The number of nitrogens with one attached hydrogen (secondary N) is 2. The first-order valence-corrected chi connectivity index (χ1v) is 10.6. The number of benzene rings is 3. The van der Waals surface area contributed by atoms with Gasteiger partial charge >= 0.3 is 0 Å². The summed E-state index contributed by atoms with van der Waals surface area (Å²) in [7, 11) is 0. The topological polar surface area (TPSA) is 93.1 Å². The van der Waals surface area contributed by atoms with E-state index in [9.17, 15) is 14.4 Å². The summed E-state index contributed by atoms with van der Waals surface area (Å²) < 4.78 is 1.38. The third-order valence-electron chi connectivity index (χ3n) is 5.04. The minimum Gasteiger partial charge on any atom is -0.326 e. The highest BCUT2D eigenvalue weighted by molar-refractivity contribution is 6.33. The van der Waals surface area contributed by atoms with Crippen molar-refractivity contribution in [2.75, 3.05) is 10.6 Å². The molecular formula is C25H21ClN4O3. The molecule has 7 nitrogen and oxygen atoms in total. The van der Waals surface area contributed by atoms with Gasteiger partial charge in [-0.25, -0.2) is 4.98 Å². The van der Waals surface area contributed by atoms with Crippen LogP contribution in [0.4, 0.5) is 11.4 Å². The lowest BCUT2D eigenvalue weighted by molar-refractivity contribution is -0.117. The van der Waals surface area contributed by atoms with Crippen molar-refractivity contribution in [2.24, 2.45) is 0 Å². The fourth-order valence-corrected chi connectivity index (χ4v) is 3.76. The highest BCUT2D eigenvalue weighted by atomic mass is 35.5. The molecular weight excluding hydrogens is 440 g/mol. The van der Waals surface area contributed by atoms with E-state index in [1.807, 2.05) is 19.1 Å². The second kappa shape index (κ2) is 9.26. The van der Waals surface area contributed by atoms with Crippen molar-refractivity contribution in [3.8, 4) is 11.3 Å². The zero-order chi connectivity index (χ0) is 23.5. The van der Waals surface area contributed by atoms with E-state index in [0.29, 0.717) is 33.0 Å². The molecule has 0 aliphatic heterocycles. The van der Waals surface area contributed by atoms with Gasteiger partial charge in [-0.2, -0.15) is 0 Å². The lowest BCUT2D eigenvalue weighted by Gasteiger charge is -2.15. The number of nitrogens with zero attached hydrogens (tertiary/aromatic N) is 2. The molecule has 166 valence electrons. The number of para-hydroxylation sites is 3. The Kier molecular flexibility index (Phi) is 6.24. The predicted octanol–water partition coefficient (Wildman–Crippen LogP) is 4.62. The third kappa shape index (κ3) is 4.78. The molecule has 0 aliphatic carbocycles. The van der Waals surface area contributed by atoms with Crippen molar-refractivity contribution >= 4 is 45.8 Å². The van der Waals surface area contributed by atoms with E-state index >= 15 is 0 Å². The molecule has 0 bridgehead atoms. The number of fused-ring (bicyclic) bond motifs is 1. The smallest absolute Gasteiger partial charge is 0.278 e. The Morgan fingerprint density at radius 3 is 2.45 bits per heavy atom. The van der Waals surface area contributed by atoms with Gasteiger partial charge < -0.3 is 10.6 Å². The quantitative estimate of drug-likeness (QED) is 0.454. The van der Waals surface area contributed by atoms with Crippen LogP contribution in [0.5, 0.6) is 0 Å². The Hall–Kier alpha value is -3.97. The average Bonchev–Trinajstić information content (AvgIpc) is 2.78. The van der Waals surface area contributed by atoms with Crippen molar-refractivity contribution in [3.05, 3.63) is 87.7 Å². The number of hydrogen-bond acceptors (Lipinski definition) is 4. The normalized spacial score (nSPS) is 10.8. The third-order valence-corrected chi connectivity index (χ3v) is 5.37. The van der Waals surface area contributed by atoms with Crippen LogP contribution in [-0.4, -0.2) is 21.4 Å². The second-order valence-electron chi connectivity index (χ2n) is 7.60. The van der Waals surface area contributed by atoms with Gasteiger partial charge in [0.15, 0.2) is 0 Å². The number of halogens is 1. The molecule has 2 amide bonds. The van der Waals surface area contributed by atoms with Crippen LogP contribution >= 0.6 is 11.6 Å². The van der Waals surface area contributed by atoms with Gasteiger partial charge in [-0.3, -0.25) is 19.0 Å². The van der Waals surface area contributed by atoms with Gasteiger partial charge in [0, 0.05) is 12.5 Å². The van der Waals surface area contributed by atoms with Crippen LogP contribution in [0.2, 0.25) is 5.02 Å². The van der Waals surface area contributed by atoms with Gasteiger partial charge in [-0.15, -0.1) is 0 Å². The fourth-order valence-electron chi connectivity index (χ4n) is 3.57. The van der Waals surface area contributed by atoms with E-state index in [2.05, 4.69) is 15.6 Å². The van der Waals surface area contributed by atoms with Crippen molar-refractivity contribution in [1.29, 1.82) is 0 Å². The zero-order valence-corrected chi connectivity index (χ0v) is 18.8. The summed E-state index contributed by atoms with van der Waals surface area (Å²) in [5, 5.41) is 5.90. The van der Waals surface area contributed by atoms with E-state index in [0.717, 1.165) is 5.56 Å². The van der Waals surface area contributed by atoms with Gasteiger partial charge in [0.25, 0.3) is 5.56 Å². The maximum atomic E-state index is 13.6. The highest BCUT2D eigenvalue weighted by Crippen LogP contribution is 2.27. The van der Waals surface area contributed by atoms with Crippen LogP contribution < -0.4 is 16.2 Å². The molecule has 0 aliphatic rings. The number of rotatable bonds is 5. The Labute approximate surface area is 195 Å². The van der Waals surface area contributed by atoms with Gasteiger partial charge in [0.1, 0.15) is 12.2 Å².